The molecule has 0 N–H and O–H groups in total. The lowest BCUT2D eigenvalue weighted by Crippen LogP contribution is -2.30. The lowest BCUT2D eigenvalue weighted by molar-refractivity contribution is -0.167. The summed E-state index contributed by atoms with van der Waals surface area (Å²) in [5.41, 5.74) is 0. The zero-order chi connectivity index (χ0) is 57.8. The maximum absolute atomic E-state index is 12.9. The van der Waals surface area contributed by atoms with E-state index in [2.05, 4.69) is 203 Å². The van der Waals surface area contributed by atoms with Crippen molar-refractivity contribution in [3.05, 3.63) is 182 Å². The Bertz CT molecular complexity index is 1890. The van der Waals surface area contributed by atoms with Crippen LogP contribution < -0.4 is 0 Å². The summed E-state index contributed by atoms with van der Waals surface area (Å²) in [5, 5.41) is 0. The number of ether oxygens (including phenoxy) is 3. The van der Waals surface area contributed by atoms with Gasteiger partial charge >= 0.3 is 17.9 Å². The molecule has 1 unspecified atom stereocenters. The fraction of sp³-hybridized carbons (Fsp3) is 0.554. The first-order valence-electron chi connectivity index (χ1n) is 31.8. The van der Waals surface area contributed by atoms with Crippen LogP contribution >= 0.6 is 0 Å². The molecule has 0 aliphatic rings. The number of carbonyl (C=O) groups excluding carboxylic acids is 3. The lowest BCUT2D eigenvalue weighted by Gasteiger charge is -2.18. The molecule has 6 nitrogen and oxygen atoms in total. The predicted molar refractivity (Wildman–Crippen MR) is 348 cm³/mol. The van der Waals surface area contributed by atoms with E-state index in [1.54, 1.807) is 0 Å². The molecule has 0 radical (unpaired) electrons. The van der Waals surface area contributed by atoms with Gasteiger partial charge in [0.25, 0.3) is 0 Å². The van der Waals surface area contributed by atoms with E-state index in [-0.39, 0.29) is 37.5 Å². The maximum atomic E-state index is 12.9. The van der Waals surface area contributed by atoms with Crippen molar-refractivity contribution in [3.8, 4) is 0 Å². The van der Waals surface area contributed by atoms with Crippen molar-refractivity contribution in [1.82, 2.24) is 0 Å². The van der Waals surface area contributed by atoms with E-state index in [9.17, 15) is 14.4 Å². The molecule has 80 heavy (non-hydrogen) atoms. The van der Waals surface area contributed by atoms with Crippen LogP contribution in [-0.2, 0) is 28.6 Å². The van der Waals surface area contributed by atoms with Crippen LogP contribution in [0.15, 0.2) is 182 Å². The van der Waals surface area contributed by atoms with Gasteiger partial charge in [-0.15, -0.1) is 0 Å². The number of unbranched alkanes of at least 4 members (excludes halogenated alkanes) is 14. The molecule has 0 aliphatic carbocycles. The molecule has 0 bridgehead atoms. The fourth-order valence-electron chi connectivity index (χ4n) is 7.93. The van der Waals surface area contributed by atoms with Gasteiger partial charge < -0.3 is 14.2 Å². The summed E-state index contributed by atoms with van der Waals surface area (Å²) < 4.78 is 16.8. The second-order valence-corrected chi connectivity index (χ2v) is 20.2. The SMILES string of the molecule is CC/C=C\C/C=C\C/C=C\C/C=C\C/C=C\C/C=C\C/C=C\C/C=C\CCCCCCCCC(=O)OCC(COC(=O)CCCCCCC/C=C\CCC)OC(=O)CCCC/C=C\C/C=C\C/C=C\C/C=C\C/C=C\C/C=C\CC. The van der Waals surface area contributed by atoms with E-state index in [1.165, 1.54) is 25.7 Å². The smallest absolute Gasteiger partial charge is 0.306 e. The standard InChI is InChI=1S/C74H114O6/c1-4-7-10-13-16-19-22-24-26-28-30-32-33-34-35-36-37-38-39-40-41-43-44-46-48-50-52-55-58-61-64-67-73(76)79-70-71(69-78-72(75)66-63-60-57-54-21-18-15-12-9-6-3)80-74(77)68-65-62-59-56-53-51-49-47-45-42-31-29-27-25-23-20-17-14-11-8-5-2/h7-8,10-12,15-17,19-20,24-27,30-32,34-35,37-38,40-42,44,46-47,49,53,56,71H,4-6,9,13-14,18,21-23,28-29,33,36,39,43,45,48,50-52,54-55,57-70H2,1-3H3/b10-7-,11-8-,15-12-,19-16-,20-17-,26-24-,27-25-,32-30-,35-34-,38-37-,41-40-,42-31-,46-44-,49-47-,56-53-. The lowest BCUT2D eigenvalue weighted by atomic mass is 10.1. The molecule has 0 aromatic carbocycles. The largest absolute Gasteiger partial charge is 0.462 e. The number of rotatable bonds is 55. The number of hydrogen-bond acceptors (Lipinski definition) is 6. The maximum Gasteiger partial charge on any atom is 0.306 e. The molecule has 0 aromatic heterocycles. The van der Waals surface area contributed by atoms with Crippen LogP contribution in [0, 0.1) is 0 Å². The number of esters is 3. The van der Waals surface area contributed by atoms with Gasteiger partial charge in [-0.1, -0.05) is 254 Å². The fourth-order valence-corrected chi connectivity index (χ4v) is 7.93. The Kier molecular flexibility index (Phi) is 61.5. The van der Waals surface area contributed by atoms with Gasteiger partial charge in [-0.25, -0.2) is 0 Å². The van der Waals surface area contributed by atoms with Gasteiger partial charge in [0.2, 0.25) is 0 Å². The zero-order valence-corrected chi connectivity index (χ0v) is 51.0. The van der Waals surface area contributed by atoms with Crippen molar-refractivity contribution in [2.24, 2.45) is 0 Å². The minimum atomic E-state index is -0.821. The third kappa shape index (κ3) is 63.3. The molecule has 0 fully saturated rings. The molecule has 0 amide bonds. The summed E-state index contributed by atoms with van der Waals surface area (Å²) in [7, 11) is 0. The van der Waals surface area contributed by atoms with Crippen LogP contribution in [0.4, 0.5) is 0 Å². The summed E-state index contributed by atoms with van der Waals surface area (Å²) in [6.07, 6.45) is 99.0. The van der Waals surface area contributed by atoms with Gasteiger partial charge in [-0.2, -0.15) is 0 Å². The summed E-state index contributed by atoms with van der Waals surface area (Å²) in [6.45, 7) is 6.28. The van der Waals surface area contributed by atoms with Crippen molar-refractivity contribution >= 4 is 17.9 Å². The summed E-state index contributed by atoms with van der Waals surface area (Å²) >= 11 is 0. The second kappa shape index (κ2) is 66.0. The van der Waals surface area contributed by atoms with Crippen LogP contribution in [0.25, 0.3) is 0 Å². The molecular weight excluding hydrogens is 985 g/mol. The van der Waals surface area contributed by atoms with Gasteiger partial charge in [-0.3, -0.25) is 14.4 Å². The van der Waals surface area contributed by atoms with E-state index < -0.39 is 6.10 Å². The van der Waals surface area contributed by atoms with E-state index >= 15 is 0 Å². The zero-order valence-electron chi connectivity index (χ0n) is 51.0. The van der Waals surface area contributed by atoms with E-state index in [0.717, 1.165) is 173 Å². The van der Waals surface area contributed by atoms with E-state index in [0.29, 0.717) is 19.3 Å². The highest BCUT2D eigenvalue weighted by Crippen LogP contribution is 2.13. The highest BCUT2D eigenvalue weighted by molar-refractivity contribution is 5.71. The van der Waals surface area contributed by atoms with Gasteiger partial charge in [0.05, 0.1) is 0 Å². The average Bonchev–Trinajstić information content (AvgIpc) is 3.46. The molecule has 6 heteroatoms. The number of hydrogen-bond donors (Lipinski definition) is 0. The molecule has 1 atom stereocenters. The number of allylic oxidation sites excluding steroid dienone is 30. The van der Waals surface area contributed by atoms with Gasteiger partial charge in [0.15, 0.2) is 6.10 Å². The van der Waals surface area contributed by atoms with Crippen molar-refractivity contribution in [3.63, 3.8) is 0 Å². The predicted octanol–water partition coefficient (Wildman–Crippen LogP) is 22.0. The van der Waals surface area contributed by atoms with E-state index in [4.69, 9.17) is 14.2 Å². The molecule has 446 valence electrons. The summed E-state index contributed by atoms with van der Waals surface area (Å²) in [6, 6.07) is 0. The Labute approximate surface area is 491 Å². The Morgan fingerprint density at radius 1 is 0.263 bits per heavy atom. The molecule has 0 aliphatic heterocycles. The van der Waals surface area contributed by atoms with Crippen LogP contribution in [0.2, 0.25) is 0 Å². The van der Waals surface area contributed by atoms with Crippen LogP contribution in [0.1, 0.15) is 245 Å². The van der Waals surface area contributed by atoms with Crippen LogP contribution in [0.3, 0.4) is 0 Å². The van der Waals surface area contributed by atoms with Crippen LogP contribution in [-0.4, -0.2) is 37.2 Å². The summed E-state index contributed by atoms with van der Waals surface area (Å²) in [5.74, 6) is -0.992. The van der Waals surface area contributed by atoms with Crippen molar-refractivity contribution in [2.45, 2.75) is 252 Å². The summed E-state index contributed by atoms with van der Waals surface area (Å²) in [4.78, 5) is 38.2. The topological polar surface area (TPSA) is 78.9 Å². The monoisotopic (exact) mass is 1100 g/mol. The van der Waals surface area contributed by atoms with E-state index in [1.807, 2.05) is 0 Å². The van der Waals surface area contributed by atoms with Crippen LogP contribution in [0.5, 0.6) is 0 Å². The Balaban J connectivity index is 4.39. The Morgan fingerprint density at radius 2 is 0.487 bits per heavy atom. The average molecular weight is 1100 g/mol. The Morgan fingerprint density at radius 3 is 0.800 bits per heavy atom. The molecule has 0 saturated carbocycles. The highest BCUT2D eigenvalue weighted by Gasteiger charge is 2.19. The molecule has 0 rings (SSSR count). The first-order valence-corrected chi connectivity index (χ1v) is 31.8. The van der Waals surface area contributed by atoms with Gasteiger partial charge in [-0.05, 0) is 154 Å². The Hall–Kier alpha value is -5.49. The van der Waals surface area contributed by atoms with Crippen molar-refractivity contribution in [1.29, 1.82) is 0 Å². The third-order valence-electron chi connectivity index (χ3n) is 12.6. The molecule has 0 aromatic rings. The number of carbonyl (C=O) groups is 3. The first kappa shape index (κ1) is 74.5. The molecule has 0 spiro atoms. The normalized spacial score (nSPS) is 13.4. The second-order valence-electron chi connectivity index (χ2n) is 20.2. The van der Waals surface area contributed by atoms with Gasteiger partial charge in [0.1, 0.15) is 13.2 Å². The minimum absolute atomic E-state index is 0.114. The van der Waals surface area contributed by atoms with Crippen molar-refractivity contribution in [2.75, 3.05) is 13.2 Å². The molecular formula is C74H114O6. The molecule has 0 saturated heterocycles. The van der Waals surface area contributed by atoms with Gasteiger partial charge in [0, 0.05) is 19.3 Å². The highest BCUT2D eigenvalue weighted by atomic mass is 16.6. The van der Waals surface area contributed by atoms with Crippen molar-refractivity contribution < 1.29 is 28.6 Å². The molecule has 0 heterocycles. The minimum Gasteiger partial charge on any atom is -0.462 e. The third-order valence-corrected chi connectivity index (χ3v) is 12.6. The quantitative estimate of drug-likeness (QED) is 0.0261. The first-order chi connectivity index (χ1) is 39.5.